The van der Waals surface area contributed by atoms with Crippen LogP contribution in [0, 0.1) is 6.92 Å². The Morgan fingerprint density at radius 3 is 2.08 bits per heavy atom. The molecule has 1 N–H and O–H groups in total. The predicted molar refractivity (Wildman–Crippen MR) is 99.0 cm³/mol. The molecule has 0 saturated carbocycles. The van der Waals surface area contributed by atoms with Crippen molar-refractivity contribution < 1.29 is 13.2 Å². The Labute approximate surface area is 149 Å². The monoisotopic (exact) mass is 360 g/mol. The van der Waals surface area contributed by atoms with Gasteiger partial charge in [0.1, 0.15) is 0 Å². The van der Waals surface area contributed by atoms with Gasteiger partial charge in [-0.3, -0.25) is 4.79 Å². The number of nitrogens with one attached hydrogen (secondary N) is 1. The summed E-state index contributed by atoms with van der Waals surface area (Å²) in [6, 6.07) is 14.0. The number of carbonyl (C=O) groups excluding carboxylic acids is 1. The molecule has 0 unspecified atom stereocenters. The van der Waals surface area contributed by atoms with Crippen LogP contribution in [-0.4, -0.2) is 32.7 Å². The minimum atomic E-state index is -3.49. The molecule has 0 bridgehead atoms. The largest absolute Gasteiger partial charge is 0.345 e. The number of benzene rings is 2. The SMILES string of the molecule is CC[C@H](NC(=O)c1ccc(S(=O)(=O)N(C)C)cc1)c1ccc(C)cc1. The molecule has 1 amide bonds. The molecule has 2 rings (SSSR count). The number of aryl methyl sites for hydroxylation is 1. The number of carbonyl (C=O) groups is 1. The van der Waals surface area contributed by atoms with Gasteiger partial charge in [0.2, 0.25) is 10.0 Å². The summed E-state index contributed by atoms with van der Waals surface area (Å²) in [4.78, 5) is 12.6. The van der Waals surface area contributed by atoms with Gasteiger partial charge < -0.3 is 5.32 Å². The van der Waals surface area contributed by atoms with E-state index in [2.05, 4.69) is 5.32 Å². The van der Waals surface area contributed by atoms with Crippen LogP contribution >= 0.6 is 0 Å². The Morgan fingerprint density at radius 2 is 1.60 bits per heavy atom. The number of rotatable bonds is 6. The standard InChI is InChI=1S/C19H24N2O3S/c1-5-18(15-8-6-14(2)7-9-15)20-19(22)16-10-12-17(13-11-16)25(23,24)21(3)4/h6-13,18H,5H2,1-4H3,(H,20,22)/t18-/m0/s1. The summed E-state index contributed by atoms with van der Waals surface area (Å²) in [5.41, 5.74) is 2.65. The highest BCUT2D eigenvalue weighted by atomic mass is 32.2. The Hall–Kier alpha value is -2.18. The van der Waals surface area contributed by atoms with Crippen LogP contribution in [0.4, 0.5) is 0 Å². The maximum atomic E-state index is 12.5. The van der Waals surface area contributed by atoms with Crippen molar-refractivity contribution in [3.8, 4) is 0 Å². The van der Waals surface area contributed by atoms with Gasteiger partial charge in [0.25, 0.3) is 5.91 Å². The summed E-state index contributed by atoms with van der Waals surface area (Å²) in [6.07, 6.45) is 0.766. The van der Waals surface area contributed by atoms with Gasteiger partial charge in [-0.25, -0.2) is 12.7 Å². The van der Waals surface area contributed by atoms with Gasteiger partial charge >= 0.3 is 0 Å². The molecule has 25 heavy (non-hydrogen) atoms. The lowest BCUT2D eigenvalue weighted by Crippen LogP contribution is -2.28. The summed E-state index contributed by atoms with van der Waals surface area (Å²) >= 11 is 0. The average molecular weight is 360 g/mol. The van der Waals surface area contributed by atoms with Gasteiger partial charge in [-0.05, 0) is 43.2 Å². The van der Waals surface area contributed by atoms with E-state index in [0.717, 1.165) is 16.3 Å². The molecule has 134 valence electrons. The van der Waals surface area contributed by atoms with Gasteiger partial charge in [-0.1, -0.05) is 36.8 Å². The molecule has 0 heterocycles. The van der Waals surface area contributed by atoms with Crippen LogP contribution in [0.1, 0.15) is 40.9 Å². The Morgan fingerprint density at radius 1 is 1.04 bits per heavy atom. The quantitative estimate of drug-likeness (QED) is 0.861. The molecule has 0 aliphatic heterocycles. The van der Waals surface area contributed by atoms with E-state index < -0.39 is 10.0 Å². The maximum absolute atomic E-state index is 12.5. The van der Waals surface area contributed by atoms with Crippen LogP contribution in [0.5, 0.6) is 0 Å². The second-order valence-corrected chi connectivity index (χ2v) is 8.31. The molecule has 5 nitrogen and oxygen atoms in total. The third-order valence-electron chi connectivity index (χ3n) is 4.09. The highest BCUT2D eigenvalue weighted by Crippen LogP contribution is 2.19. The number of amides is 1. The average Bonchev–Trinajstić information content (AvgIpc) is 2.60. The first-order chi connectivity index (χ1) is 11.8. The highest BCUT2D eigenvalue weighted by Gasteiger charge is 2.18. The molecule has 0 fully saturated rings. The van der Waals surface area contributed by atoms with Crippen LogP contribution < -0.4 is 5.32 Å². The van der Waals surface area contributed by atoms with Crippen molar-refractivity contribution in [1.82, 2.24) is 9.62 Å². The lowest BCUT2D eigenvalue weighted by molar-refractivity contribution is 0.0935. The molecular formula is C19H24N2O3S. The van der Waals surface area contributed by atoms with Crippen molar-refractivity contribution in [2.24, 2.45) is 0 Å². The van der Waals surface area contributed by atoms with Gasteiger partial charge in [0.15, 0.2) is 0 Å². The van der Waals surface area contributed by atoms with Gasteiger partial charge in [-0.2, -0.15) is 0 Å². The number of nitrogens with zero attached hydrogens (tertiary/aromatic N) is 1. The van der Waals surface area contributed by atoms with E-state index in [9.17, 15) is 13.2 Å². The molecule has 2 aromatic carbocycles. The maximum Gasteiger partial charge on any atom is 0.251 e. The van der Waals surface area contributed by atoms with Crippen LogP contribution in [0.15, 0.2) is 53.4 Å². The van der Waals surface area contributed by atoms with E-state index in [4.69, 9.17) is 0 Å². The van der Waals surface area contributed by atoms with Gasteiger partial charge in [-0.15, -0.1) is 0 Å². The second kappa shape index (κ2) is 7.80. The lowest BCUT2D eigenvalue weighted by atomic mass is 10.0. The van der Waals surface area contributed by atoms with Crippen LogP contribution in [-0.2, 0) is 10.0 Å². The first-order valence-electron chi connectivity index (χ1n) is 8.15. The van der Waals surface area contributed by atoms with Crippen LogP contribution in [0.25, 0.3) is 0 Å². The molecule has 0 aliphatic rings. The van der Waals surface area contributed by atoms with E-state index in [-0.39, 0.29) is 16.8 Å². The summed E-state index contributed by atoms with van der Waals surface area (Å²) < 4.78 is 25.3. The lowest BCUT2D eigenvalue weighted by Gasteiger charge is -2.18. The van der Waals surface area contributed by atoms with Gasteiger partial charge in [0, 0.05) is 19.7 Å². The summed E-state index contributed by atoms with van der Waals surface area (Å²) in [5.74, 6) is -0.221. The molecular weight excluding hydrogens is 336 g/mol. The Balaban J connectivity index is 2.16. The molecule has 1 atom stereocenters. The van der Waals surface area contributed by atoms with E-state index in [1.165, 1.54) is 43.9 Å². The summed E-state index contributed by atoms with van der Waals surface area (Å²) in [7, 11) is -0.541. The van der Waals surface area contributed by atoms with Crippen molar-refractivity contribution >= 4 is 15.9 Å². The highest BCUT2D eigenvalue weighted by molar-refractivity contribution is 7.89. The molecule has 0 aromatic heterocycles. The number of sulfonamides is 1. The third kappa shape index (κ3) is 4.46. The fourth-order valence-electron chi connectivity index (χ4n) is 2.45. The van der Waals surface area contributed by atoms with Crippen LogP contribution in [0.2, 0.25) is 0 Å². The first kappa shape index (κ1) is 19.1. The van der Waals surface area contributed by atoms with E-state index >= 15 is 0 Å². The summed E-state index contributed by atoms with van der Waals surface area (Å²) in [6.45, 7) is 4.03. The second-order valence-electron chi connectivity index (χ2n) is 6.16. The summed E-state index contributed by atoms with van der Waals surface area (Å²) in [5, 5.41) is 3.00. The van der Waals surface area contributed by atoms with Crippen molar-refractivity contribution in [3.05, 3.63) is 65.2 Å². The van der Waals surface area contributed by atoms with Crippen molar-refractivity contribution in [2.45, 2.75) is 31.2 Å². The minimum absolute atomic E-state index is 0.0849. The van der Waals surface area contributed by atoms with Crippen molar-refractivity contribution in [1.29, 1.82) is 0 Å². The fourth-order valence-corrected chi connectivity index (χ4v) is 3.35. The molecule has 0 spiro atoms. The Kier molecular flexibility index (Phi) is 5.98. The molecule has 6 heteroatoms. The minimum Gasteiger partial charge on any atom is -0.345 e. The predicted octanol–water partition coefficient (Wildman–Crippen LogP) is 3.13. The number of hydrogen-bond donors (Lipinski definition) is 1. The van der Waals surface area contributed by atoms with E-state index in [1.807, 2.05) is 38.1 Å². The normalized spacial score (nSPS) is 12.8. The van der Waals surface area contributed by atoms with Crippen molar-refractivity contribution in [3.63, 3.8) is 0 Å². The topological polar surface area (TPSA) is 66.5 Å². The zero-order valence-corrected chi connectivity index (χ0v) is 15.8. The molecule has 0 radical (unpaired) electrons. The van der Waals surface area contributed by atoms with E-state index in [0.29, 0.717) is 5.56 Å². The first-order valence-corrected chi connectivity index (χ1v) is 9.59. The van der Waals surface area contributed by atoms with Gasteiger partial charge in [0.05, 0.1) is 10.9 Å². The zero-order chi connectivity index (χ0) is 18.6. The third-order valence-corrected chi connectivity index (χ3v) is 5.92. The fraction of sp³-hybridized carbons (Fsp3) is 0.316. The number of hydrogen-bond acceptors (Lipinski definition) is 3. The van der Waals surface area contributed by atoms with E-state index in [1.54, 1.807) is 0 Å². The van der Waals surface area contributed by atoms with Crippen LogP contribution in [0.3, 0.4) is 0 Å². The molecule has 2 aromatic rings. The smallest absolute Gasteiger partial charge is 0.251 e. The Bertz CT molecular complexity index is 826. The molecule has 0 aliphatic carbocycles. The molecule has 0 saturated heterocycles. The van der Waals surface area contributed by atoms with Crippen molar-refractivity contribution in [2.75, 3.05) is 14.1 Å². The zero-order valence-electron chi connectivity index (χ0n) is 15.0.